The fourth-order valence-corrected chi connectivity index (χ4v) is 2.71. The molecule has 0 spiro atoms. The minimum absolute atomic E-state index is 0.187. The van der Waals surface area contributed by atoms with Crippen LogP contribution in [0, 0.1) is 5.92 Å². The number of ether oxygens (including phenoxy) is 1. The highest BCUT2D eigenvalue weighted by molar-refractivity contribution is 5.42. The van der Waals surface area contributed by atoms with Gasteiger partial charge in [-0.2, -0.15) is 0 Å². The highest BCUT2D eigenvalue weighted by atomic mass is 16.5. The lowest BCUT2D eigenvalue weighted by Gasteiger charge is -2.39. The second kappa shape index (κ2) is 5.80. The van der Waals surface area contributed by atoms with Gasteiger partial charge in [0.15, 0.2) is 11.5 Å². The first-order valence-electron chi connectivity index (χ1n) is 6.89. The molecule has 0 amide bonds. The zero-order valence-corrected chi connectivity index (χ0v) is 12.0. The van der Waals surface area contributed by atoms with E-state index in [0.29, 0.717) is 23.8 Å². The first kappa shape index (κ1) is 14.2. The number of hydrogen-bond acceptors (Lipinski definition) is 4. The van der Waals surface area contributed by atoms with E-state index in [2.05, 4.69) is 18.7 Å². The van der Waals surface area contributed by atoms with Crippen LogP contribution in [0.2, 0.25) is 0 Å². The summed E-state index contributed by atoms with van der Waals surface area (Å²) >= 11 is 0. The Kier molecular flexibility index (Phi) is 4.32. The summed E-state index contributed by atoms with van der Waals surface area (Å²) in [7, 11) is 1.57. The quantitative estimate of drug-likeness (QED) is 0.878. The number of phenols is 1. The van der Waals surface area contributed by atoms with Crippen molar-refractivity contribution in [1.29, 1.82) is 0 Å². The van der Waals surface area contributed by atoms with Gasteiger partial charge in [0.25, 0.3) is 0 Å². The van der Waals surface area contributed by atoms with Gasteiger partial charge in [-0.05, 0) is 37.0 Å². The maximum atomic E-state index is 9.65. The third-order valence-corrected chi connectivity index (χ3v) is 4.24. The molecule has 0 aliphatic carbocycles. The van der Waals surface area contributed by atoms with E-state index in [1.807, 2.05) is 12.1 Å². The van der Waals surface area contributed by atoms with Crippen LogP contribution in [0.25, 0.3) is 0 Å². The fourth-order valence-electron chi connectivity index (χ4n) is 2.71. The number of likely N-dealkylation sites (tertiary alicyclic amines) is 1. The van der Waals surface area contributed by atoms with Gasteiger partial charge in [-0.25, -0.2) is 0 Å². The van der Waals surface area contributed by atoms with Crippen LogP contribution in [0.15, 0.2) is 18.2 Å². The lowest BCUT2D eigenvalue weighted by atomic mass is 9.92. The predicted octanol–water partition coefficient (Wildman–Crippen LogP) is 2.13. The number of aromatic hydroxyl groups is 1. The molecule has 2 rings (SSSR count). The Bertz CT molecular complexity index is 436. The van der Waals surface area contributed by atoms with Crippen molar-refractivity contribution in [2.24, 2.45) is 11.7 Å². The number of nitrogens with two attached hydrogens (primary N) is 1. The van der Waals surface area contributed by atoms with Gasteiger partial charge in [-0.15, -0.1) is 0 Å². The maximum Gasteiger partial charge on any atom is 0.160 e. The summed E-state index contributed by atoms with van der Waals surface area (Å²) in [6.07, 6.45) is 1.04. The number of rotatable bonds is 3. The van der Waals surface area contributed by atoms with Crippen LogP contribution in [-0.4, -0.2) is 36.2 Å². The first-order valence-corrected chi connectivity index (χ1v) is 6.89. The Morgan fingerprint density at radius 1 is 1.47 bits per heavy atom. The molecular formula is C15H24N2O2. The zero-order chi connectivity index (χ0) is 14.0. The molecule has 19 heavy (non-hydrogen) atoms. The van der Waals surface area contributed by atoms with Crippen LogP contribution in [0.5, 0.6) is 11.5 Å². The number of phenolic OH excluding ortho intramolecular Hbond substituents is 1. The molecule has 0 bridgehead atoms. The minimum atomic E-state index is 0.187. The van der Waals surface area contributed by atoms with E-state index in [1.165, 1.54) is 0 Å². The second-order valence-electron chi connectivity index (χ2n) is 5.53. The van der Waals surface area contributed by atoms with Gasteiger partial charge in [0.1, 0.15) is 0 Å². The summed E-state index contributed by atoms with van der Waals surface area (Å²) < 4.78 is 5.17. The summed E-state index contributed by atoms with van der Waals surface area (Å²) in [5.41, 5.74) is 7.23. The summed E-state index contributed by atoms with van der Waals surface area (Å²) in [4.78, 5) is 2.44. The van der Waals surface area contributed by atoms with Crippen molar-refractivity contribution in [2.75, 3.05) is 20.2 Å². The van der Waals surface area contributed by atoms with E-state index in [-0.39, 0.29) is 5.75 Å². The van der Waals surface area contributed by atoms with Gasteiger partial charge in [0.2, 0.25) is 0 Å². The Morgan fingerprint density at radius 3 is 2.84 bits per heavy atom. The molecule has 3 atom stereocenters. The largest absolute Gasteiger partial charge is 0.504 e. The highest BCUT2D eigenvalue weighted by Crippen LogP contribution is 2.32. The van der Waals surface area contributed by atoms with E-state index < -0.39 is 0 Å². The maximum absolute atomic E-state index is 9.65. The molecule has 106 valence electrons. The molecule has 3 N–H and O–H groups in total. The average Bonchev–Trinajstić information content (AvgIpc) is 2.41. The van der Waals surface area contributed by atoms with E-state index in [1.54, 1.807) is 13.2 Å². The van der Waals surface area contributed by atoms with Crippen LogP contribution >= 0.6 is 0 Å². The van der Waals surface area contributed by atoms with Crippen molar-refractivity contribution < 1.29 is 9.84 Å². The third kappa shape index (κ3) is 3.01. The topological polar surface area (TPSA) is 58.7 Å². The standard InChI is InChI=1S/C15H24N2O2/c1-10-9-17(7-6-13(10)16)11(2)12-4-5-14(18)15(8-12)19-3/h4-5,8,10-11,13,18H,6-7,9,16H2,1-3H3. The smallest absolute Gasteiger partial charge is 0.160 e. The summed E-state index contributed by atoms with van der Waals surface area (Å²) in [5, 5.41) is 9.65. The van der Waals surface area contributed by atoms with E-state index in [0.717, 1.165) is 25.1 Å². The number of piperidine rings is 1. The van der Waals surface area contributed by atoms with Crippen molar-refractivity contribution >= 4 is 0 Å². The van der Waals surface area contributed by atoms with Crippen LogP contribution in [0.1, 0.15) is 31.9 Å². The number of benzene rings is 1. The first-order chi connectivity index (χ1) is 9.02. The molecule has 1 heterocycles. The molecule has 0 saturated carbocycles. The summed E-state index contributed by atoms with van der Waals surface area (Å²) in [6.45, 7) is 6.44. The van der Waals surface area contributed by atoms with Crippen LogP contribution in [0.3, 0.4) is 0 Å². The van der Waals surface area contributed by atoms with Gasteiger partial charge in [0.05, 0.1) is 7.11 Å². The van der Waals surface area contributed by atoms with E-state index in [4.69, 9.17) is 10.5 Å². The monoisotopic (exact) mass is 264 g/mol. The molecule has 1 aliphatic heterocycles. The Hall–Kier alpha value is -1.26. The SMILES string of the molecule is COc1cc(C(C)N2CCC(N)C(C)C2)ccc1O. The normalized spacial score (nSPS) is 26.1. The third-order valence-electron chi connectivity index (χ3n) is 4.24. The minimum Gasteiger partial charge on any atom is -0.504 e. The number of hydrogen-bond donors (Lipinski definition) is 2. The Balaban J connectivity index is 2.13. The van der Waals surface area contributed by atoms with Crippen molar-refractivity contribution in [1.82, 2.24) is 4.90 Å². The van der Waals surface area contributed by atoms with E-state index in [9.17, 15) is 5.11 Å². The molecule has 1 fully saturated rings. The molecule has 4 nitrogen and oxygen atoms in total. The van der Waals surface area contributed by atoms with Crippen LogP contribution < -0.4 is 10.5 Å². The fraction of sp³-hybridized carbons (Fsp3) is 0.600. The molecule has 1 aliphatic rings. The summed E-state index contributed by atoms with van der Waals surface area (Å²) in [5.74, 6) is 1.24. The average molecular weight is 264 g/mol. The van der Waals surface area contributed by atoms with Crippen molar-refractivity contribution in [2.45, 2.75) is 32.4 Å². The van der Waals surface area contributed by atoms with Gasteiger partial charge >= 0.3 is 0 Å². The van der Waals surface area contributed by atoms with Crippen molar-refractivity contribution in [3.8, 4) is 11.5 Å². The lowest BCUT2D eigenvalue weighted by Crippen LogP contribution is -2.46. The number of methoxy groups -OCH3 is 1. The molecule has 3 unspecified atom stereocenters. The van der Waals surface area contributed by atoms with Gasteiger partial charge < -0.3 is 15.6 Å². The molecule has 4 heteroatoms. The lowest BCUT2D eigenvalue weighted by molar-refractivity contribution is 0.124. The molecule has 0 aromatic heterocycles. The van der Waals surface area contributed by atoms with Crippen LogP contribution in [0.4, 0.5) is 0 Å². The molecule has 1 aromatic rings. The van der Waals surface area contributed by atoms with Gasteiger partial charge in [-0.1, -0.05) is 13.0 Å². The Labute approximate surface area is 115 Å². The number of nitrogens with zero attached hydrogens (tertiary/aromatic N) is 1. The van der Waals surface area contributed by atoms with Crippen LogP contribution in [-0.2, 0) is 0 Å². The van der Waals surface area contributed by atoms with Gasteiger partial charge in [0, 0.05) is 25.2 Å². The molecular weight excluding hydrogens is 240 g/mol. The zero-order valence-electron chi connectivity index (χ0n) is 12.0. The molecule has 1 aromatic carbocycles. The second-order valence-corrected chi connectivity index (χ2v) is 5.53. The van der Waals surface area contributed by atoms with Crippen molar-refractivity contribution in [3.05, 3.63) is 23.8 Å². The van der Waals surface area contributed by atoms with E-state index >= 15 is 0 Å². The Morgan fingerprint density at radius 2 is 2.21 bits per heavy atom. The van der Waals surface area contributed by atoms with Gasteiger partial charge in [-0.3, -0.25) is 4.90 Å². The summed E-state index contributed by atoms with van der Waals surface area (Å²) in [6, 6.07) is 6.20. The molecule has 1 saturated heterocycles. The predicted molar refractivity (Wildman–Crippen MR) is 76.4 cm³/mol. The molecule has 0 radical (unpaired) electrons. The highest BCUT2D eigenvalue weighted by Gasteiger charge is 2.27. The van der Waals surface area contributed by atoms with Crippen molar-refractivity contribution in [3.63, 3.8) is 0 Å².